The number of pyridine rings is 1. The molecule has 59 heavy (non-hydrogen) atoms. The molecular formula is C54H60N4O. The Balaban J connectivity index is 1.22. The van der Waals surface area contributed by atoms with Crippen LogP contribution in [0.15, 0.2) is 139 Å². The second-order valence-electron chi connectivity index (χ2n) is 19.4. The van der Waals surface area contributed by atoms with Crippen molar-refractivity contribution in [1.82, 2.24) is 9.55 Å². The number of rotatable bonds is 10. The molecule has 0 aliphatic carbocycles. The van der Waals surface area contributed by atoms with E-state index in [-0.39, 0.29) is 10.8 Å². The van der Waals surface area contributed by atoms with Gasteiger partial charge in [-0.1, -0.05) is 124 Å². The van der Waals surface area contributed by atoms with Gasteiger partial charge in [-0.25, -0.2) is 4.98 Å². The molecule has 7 aromatic rings. The molecule has 8 rings (SSSR count). The minimum Gasteiger partial charge on any atom is -0.457 e. The Kier molecular flexibility index (Phi) is 10.7. The molecule has 0 fully saturated rings. The van der Waals surface area contributed by atoms with Gasteiger partial charge in [0.25, 0.3) is 0 Å². The van der Waals surface area contributed by atoms with Crippen molar-refractivity contribution < 1.29 is 4.74 Å². The lowest BCUT2D eigenvalue weighted by Crippen LogP contribution is -2.30. The molecule has 0 saturated heterocycles. The molecule has 3 heterocycles. The Labute approximate surface area is 352 Å². The maximum absolute atomic E-state index is 6.96. The highest BCUT2D eigenvalue weighted by molar-refractivity contribution is 6.09. The first-order valence-corrected chi connectivity index (χ1v) is 21.4. The number of aromatic nitrogens is 2. The van der Waals surface area contributed by atoms with Crippen molar-refractivity contribution in [2.24, 2.45) is 17.3 Å². The third kappa shape index (κ3) is 8.52. The number of benzene rings is 5. The molecule has 5 heteroatoms. The lowest BCUT2D eigenvalue weighted by Gasteiger charge is -2.31. The molecule has 0 saturated carbocycles. The first-order valence-electron chi connectivity index (χ1n) is 21.4. The summed E-state index contributed by atoms with van der Waals surface area (Å²) in [5, 5.41) is 2.36. The molecule has 0 amide bonds. The van der Waals surface area contributed by atoms with Crippen LogP contribution in [0.25, 0.3) is 38.8 Å². The number of hydrogen-bond donors (Lipinski definition) is 0. The lowest BCUT2D eigenvalue weighted by molar-refractivity contribution is 0.481. The average Bonchev–Trinajstić information content (AvgIpc) is 3.78. The summed E-state index contributed by atoms with van der Waals surface area (Å²) in [7, 11) is 0. The summed E-state index contributed by atoms with van der Waals surface area (Å²) >= 11 is 0. The van der Waals surface area contributed by atoms with E-state index < -0.39 is 0 Å². The molecule has 1 aliphatic rings. The summed E-state index contributed by atoms with van der Waals surface area (Å²) in [5.74, 6) is 3.65. The van der Waals surface area contributed by atoms with Crippen LogP contribution < -0.4 is 14.5 Å². The van der Waals surface area contributed by atoms with Gasteiger partial charge in [0.1, 0.15) is 17.3 Å². The first-order chi connectivity index (χ1) is 28.1. The van der Waals surface area contributed by atoms with Crippen molar-refractivity contribution in [3.63, 3.8) is 0 Å². The zero-order chi connectivity index (χ0) is 41.6. The normalized spacial score (nSPS) is 13.7. The van der Waals surface area contributed by atoms with E-state index in [1.165, 1.54) is 38.8 Å². The standard InChI is InChI=1S/C54H60N4O/c1-36(2)24-38-26-39(25-37(3)4)28-43(27-38)56-34-51(54(8,9)10)57(35-56)44-29-41(40-16-12-11-13-17-40)30-46(32-44)59-45-20-21-48-47-18-14-15-19-49(47)58(50(48)33-45)52-31-42(22-23-55-52)53(5,6)7/h11-23,26-34,36-37H,24-25,35H2,1-10H3. The fourth-order valence-corrected chi connectivity index (χ4v) is 8.55. The molecule has 1 aliphatic heterocycles. The number of anilines is 2. The maximum Gasteiger partial charge on any atom is 0.137 e. The van der Waals surface area contributed by atoms with Crippen LogP contribution >= 0.6 is 0 Å². The number of allylic oxidation sites excluding steroid dienone is 1. The number of ether oxygens (including phenoxy) is 1. The van der Waals surface area contributed by atoms with Gasteiger partial charge in [-0.2, -0.15) is 0 Å². The molecule has 0 radical (unpaired) electrons. The molecular weight excluding hydrogens is 721 g/mol. The van der Waals surface area contributed by atoms with Crippen LogP contribution in [-0.4, -0.2) is 16.2 Å². The topological polar surface area (TPSA) is 33.5 Å². The summed E-state index contributed by atoms with van der Waals surface area (Å²) in [6.07, 6.45) is 6.44. The predicted octanol–water partition coefficient (Wildman–Crippen LogP) is 14.5. The monoisotopic (exact) mass is 780 g/mol. The summed E-state index contributed by atoms with van der Waals surface area (Å²) in [6.45, 7) is 23.6. The number of nitrogens with zero attached hydrogens (tertiary/aromatic N) is 4. The third-order valence-electron chi connectivity index (χ3n) is 11.3. The van der Waals surface area contributed by atoms with E-state index in [0.29, 0.717) is 18.5 Å². The second-order valence-corrected chi connectivity index (χ2v) is 19.4. The lowest BCUT2D eigenvalue weighted by atomic mass is 9.88. The minimum absolute atomic E-state index is 0.00485. The van der Waals surface area contributed by atoms with Crippen molar-refractivity contribution >= 4 is 33.2 Å². The summed E-state index contributed by atoms with van der Waals surface area (Å²) in [4.78, 5) is 9.83. The van der Waals surface area contributed by atoms with Crippen molar-refractivity contribution in [1.29, 1.82) is 0 Å². The Morgan fingerprint density at radius 2 is 1.27 bits per heavy atom. The van der Waals surface area contributed by atoms with Gasteiger partial charge < -0.3 is 14.5 Å². The van der Waals surface area contributed by atoms with Crippen molar-refractivity contribution in [3.8, 4) is 28.4 Å². The zero-order valence-electron chi connectivity index (χ0n) is 36.7. The highest BCUT2D eigenvalue weighted by Gasteiger charge is 2.32. The number of para-hydroxylation sites is 1. The van der Waals surface area contributed by atoms with E-state index in [1.807, 2.05) is 6.20 Å². The van der Waals surface area contributed by atoms with E-state index in [1.54, 1.807) is 0 Å². The van der Waals surface area contributed by atoms with Crippen LogP contribution in [0.2, 0.25) is 0 Å². The Morgan fingerprint density at radius 1 is 0.593 bits per heavy atom. The Bertz CT molecular complexity index is 2620. The minimum atomic E-state index is -0.106. The van der Waals surface area contributed by atoms with E-state index >= 15 is 0 Å². The van der Waals surface area contributed by atoms with Crippen LogP contribution in [0.1, 0.15) is 85.9 Å². The molecule has 0 bridgehead atoms. The van der Waals surface area contributed by atoms with E-state index in [2.05, 4.69) is 211 Å². The molecule has 0 unspecified atom stereocenters. The summed E-state index contributed by atoms with van der Waals surface area (Å²) in [5.41, 5.74) is 12.0. The Hall–Kier alpha value is -5.81. The maximum atomic E-state index is 6.96. The van der Waals surface area contributed by atoms with Gasteiger partial charge in [0.2, 0.25) is 0 Å². The molecule has 0 atom stereocenters. The van der Waals surface area contributed by atoms with E-state index in [4.69, 9.17) is 9.72 Å². The molecule has 2 aromatic heterocycles. The predicted molar refractivity (Wildman–Crippen MR) is 250 cm³/mol. The van der Waals surface area contributed by atoms with Crippen LogP contribution in [0.3, 0.4) is 0 Å². The first kappa shape index (κ1) is 40.0. The van der Waals surface area contributed by atoms with Crippen LogP contribution in [-0.2, 0) is 18.3 Å². The van der Waals surface area contributed by atoms with Gasteiger partial charge in [0.15, 0.2) is 0 Å². The quantitative estimate of drug-likeness (QED) is 0.138. The van der Waals surface area contributed by atoms with Gasteiger partial charge in [0, 0.05) is 57.8 Å². The van der Waals surface area contributed by atoms with Crippen molar-refractivity contribution in [2.75, 3.05) is 16.5 Å². The third-order valence-corrected chi connectivity index (χ3v) is 11.3. The van der Waals surface area contributed by atoms with Gasteiger partial charge in [-0.15, -0.1) is 0 Å². The highest BCUT2D eigenvalue weighted by Crippen LogP contribution is 2.43. The van der Waals surface area contributed by atoms with Crippen molar-refractivity contribution in [3.05, 3.63) is 156 Å². The number of fused-ring (bicyclic) bond motifs is 3. The fraction of sp³-hybridized carbons (Fsp3) is 0.315. The van der Waals surface area contributed by atoms with E-state index in [9.17, 15) is 0 Å². The van der Waals surface area contributed by atoms with Crippen LogP contribution in [0.4, 0.5) is 11.4 Å². The van der Waals surface area contributed by atoms with Crippen LogP contribution in [0, 0.1) is 17.3 Å². The highest BCUT2D eigenvalue weighted by atomic mass is 16.5. The Morgan fingerprint density at radius 3 is 1.95 bits per heavy atom. The number of hydrogen-bond acceptors (Lipinski definition) is 4. The average molecular weight is 781 g/mol. The second kappa shape index (κ2) is 15.7. The molecule has 0 spiro atoms. The molecule has 0 N–H and O–H groups in total. The zero-order valence-corrected chi connectivity index (χ0v) is 36.7. The molecule has 5 aromatic carbocycles. The van der Waals surface area contributed by atoms with Gasteiger partial charge in [-0.3, -0.25) is 4.57 Å². The fourth-order valence-electron chi connectivity index (χ4n) is 8.55. The van der Waals surface area contributed by atoms with Gasteiger partial charge in [-0.05, 0) is 113 Å². The summed E-state index contributed by atoms with van der Waals surface area (Å²) < 4.78 is 9.24. The summed E-state index contributed by atoms with van der Waals surface area (Å²) in [6, 6.07) is 44.0. The van der Waals surface area contributed by atoms with Gasteiger partial charge in [0.05, 0.1) is 17.7 Å². The SMILES string of the molecule is CC(C)Cc1cc(CC(C)C)cc(N2C=C(C(C)(C)C)N(c3cc(Oc4ccc5c6ccccc6n(-c6cc(C(C)(C)C)ccn6)c5c4)cc(-c4ccccc4)c3)C2)c1. The van der Waals surface area contributed by atoms with E-state index in [0.717, 1.165) is 58.0 Å². The molecule has 302 valence electrons. The van der Waals surface area contributed by atoms with Crippen molar-refractivity contribution in [2.45, 2.75) is 87.5 Å². The smallest absolute Gasteiger partial charge is 0.137 e. The molecule has 5 nitrogen and oxygen atoms in total. The van der Waals surface area contributed by atoms with Crippen LogP contribution in [0.5, 0.6) is 11.5 Å². The largest absolute Gasteiger partial charge is 0.457 e. The van der Waals surface area contributed by atoms with Gasteiger partial charge >= 0.3 is 0 Å².